The molecule has 1 N–H and O–H groups in total. The van der Waals surface area contributed by atoms with Crippen LogP contribution in [0.1, 0.15) is 12.0 Å². The Morgan fingerprint density at radius 2 is 1.91 bits per heavy atom. The number of rotatable bonds is 3. The lowest BCUT2D eigenvalue weighted by atomic mass is 10.1. The van der Waals surface area contributed by atoms with E-state index in [1.807, 2.05) is 0 Å². The quantitative estimate of drug-likeness (QED) is 0.800. The van der Waals surface area contributed by atoms with E-state index in [0.29, 0.717) is 5.56 Å². The Bertz CT molecular complexity index is 920. The molecule has 118 valence electrons. The summed E-state index contributed by atoms with van der Waals surface area (Å²) >= 11 is 0. The van der Waals surface area contributed by atoms with Gasteiger partial charge in [0.15, 0.2) is 17.1 Å². The fourth-order valence-corrected chi connectivity index (χ4v) is 2.23. The van der Waals surface area contributed by atoms with E-state index in [2.05, 4.69) is 4.98 Å². The largest absolute Gasteiger partial charge is 0.502 e. The summed E-state index contributed by atoms with van der Waals surface area (Å²) in [5.74, 6) is -0.559. The number of aromatic hydroxyl groups is 1. The molecule has 0 aliphatic rings. The second kappa shape index (κ2) is 5.68. The standard InChI is InChI=1S/C16H11F2NO4/c1-22-10-6-19-7-11-12(10)13(20)14(21)15(23-11)8-2-4-9(5-3-8)16(17)18/h2-7,16,21H,1H3. The molecule has 2 heterocycles. The predicted octanol–water partition coefficient (Wildman–Crippen LogP) is 3.51. The van der Waals surface area contributed by atoms with Gasteiger partial charge in [-0.25, -0.2) is 8.78 Å². The monoisotopic (exact) mass is 319 g/mol. The summed E-state index contributed by atoms with van der Waals surface area (Å²) < 4.78 is 35.7. The normalized spacial score (nSPS) is 11.1. The number of halogens is 2. The molecule has 0 spiro atoms. The van der Waals surface area contributed by atoms with Gasteiger partial charge in [-0.05, 0) is 0 Å². The zero-order chi connectivity index (χ0) is 16.6. The highest BCUT2D eigenvalue weighted by Gasteiger charge is 2.18. The molecule has 0 fully saturated rings. The summed E-state index contributed by atoms with van der Waals surface area (Å²) in [6.07, 6.45) is 0.0423. The molecule has 23 heavy (non-hydrogen) atoms. The van der Waals surface area contributed by atoms with E-state index in [4.69, 9.17) is 9.15 Å². The van der Waals surface area contributed by atoms with E-state index in [0.717, 1.165) is 0 Å². The van der Waals surface area contributed by atoms with Gasteiger partial charge in [0.1, 0.15) is 5.39 Å². The van der Waals surface area contributed by atoms with Gasteiger partial charge in [-0.3, -0.25) is 9.78 Å². The van der Waals surface area contributed by atoms with Crippen LogP contribution in [0.3, 0.4) is 0 Å². The van der Waals surface area contributed by atoms with Crippen LogP contribution in [0.15, 0.2) is 45.9 Å². The van der Waals surface area contributed by atoms with Crippen LogP contribution in [0.5, 0.6) is 11.5 Å². The fraction of sp³-hybridized carbons (Fsp3) is 0.125. The Morgan fingerprint density at radius 1 is 1.22 bits per heavy atom. The van der Waals surface area contributed by atoms with Crippen LogP contribution in [0.25, 0.3) is 22.3 Å². The van der Waals surface area contributed by atoms with Crippen molar-refractivity contribution in [2.45, 2.75) is 6.43 Å². The van der Waals surface area contributed by atoms with Crippen LogP contribution in [0, 0.1) is 0 Å². The van der Waals surface area contributed by atoms with Crippen molar-refractivity contribution in [2.24, 2.45) is 0 Å². The van der Waals surface area contributed by atoms with Crippen molar-refractivity contribution in [2.75, 3.05) is 7.11 Å². The number of benzene rings is 1. The van der Waals surface area contributed by atoms with Gasteiger partial charge >= 0.3 is 0 Å². The van der Waals surface area contributed by atoms with Crippen LogP contribution in [-0.2, 0) is 0 Å². The molecule has 0 aliphatic heterocycles. The molecule has 3 rings (SSSR count). The molecule has 0 saturated carbocycles. The van der Waals surface area contributed by atoms with Crippen LogP contribution in [0.4, 0.5) is 8.78 Å². The lowest BCUT2D eigenvalue weighted by molar-refractivity contribution is 0.151. The molecular weight excluding hydrogens is 308 g/mol. The molecule has 2 aromatic heterocycles. The lowest BCUT2D eigenvalue weighted by Gasteiger charge is -2.08. The molecule has 0 atom stereocenters. The first kappa shape index (κ1) is 15.0. The van der Waals surface area contributed by atoms with Crippen molar-refractivity contribution >= 4 is 11.0 Å². The Hall–Kier alpha value is -2.96. The van der Waals surface area contributed by atoms with E-state index in [9.17, 15) is 18.7 Å². The molecule has 5 nitrogen and oxygen atoms in total. The third-order valence-corrected chi connectivity index (χ3v) is 3.39. The number of hydrogen-bond acceptors (Lipinski definition) is 5. The highest BCUT2D eigenvalue weighted by atomic mass is 19.3. The molecular formula is C16H11F2NO4. The average Bonchev–Trinajstić information content (AvgIpc) is 2.57. The number of aromatic nitrogens is 1. The summed E-state index contributed by atoms with van der Waals surface area (Å²) in [6.45, 7) is 0. The number of hydrogen-bond donors (Lipinski definition) is 1. The van der Waals surface area contributed by atoms with Crippen LogP contribution in [-0.4, -0.2) is 17.2 Å². The third kappa shape index (κ3) is 2.50. The van der Waals surface area contributed by atoms with Crippen molar-refractivity contribution in [3.8, 4) is 22.8 Å². The number of fused-ring (bicyclic) bond motifs is 1. The maximum absolute atomic E-state index is 12.6. The summed E-state index contributed by atoms with van der Waals surface area (Å²) in [6, 6.07) is 5.10. The van der Waals surface area contributed by atoms with Crippen LogP contribution < -0.4 is 10.2 Å². The molecule has 0 aliphatic carbocycles. The van der Waals surface area contributed by atoms with E-state index in [-0.39, 0.29) is 28.0 Å². The second-order valence-electron chi connectivity index (χ2n) is 4.75. The van der Waals surface area contributed by atoms with Crippen LogP contribution in [0.2, 0.25) is 0 Å². The van der Waals surface area contributed by atoms with Crippen molar-refractivity contribution in [1.29, 1.82) is 0 Å². The molecule has 3 aromatic rings. The number of ether oxygens (including phenoxy) is 1. The molecule has 0 saturated heterocycles. The lowest BCUT2D eigenvalue weighted by Crippen LogP contribution is -2.05. The minimum Gasteiger partial charge on any atom is -0.502 e. The third-order valence-electron chi connectivity index (χ3n) is 3.39. The Kier molecular flexibility index (Phi) is 3.69. The highest BCUT2D eigenvalue weighted by Crippen LogP contribution is 2.33. The summed E-state index contributed by atoms with van der Waals surface area (Å²) in [5.41, 5.74) is -0.424. The van der Waals surface area contributed by atoms with Crippen molar-refractivity contribution in [3.05, 3.63) is 52.4 Å². The average molecular weight is 319 g/mol. The Labute approximate surface area is 128 Å². The summed E-state index contributed by atoms with van der Waals surface area (Å²) in [4.78, 5) is 16.2. The fourth-order valence-electron chi connectivity index (χ4n) is 2.23. The van der Waals surface area contributed by atoms with E-state index >= 15 is 0 Å². The minimum absolute atomic E-state index is 0.0629. The first-order chi connectivity index (χ1) is 11.0. The Balaban J connectivity index is 2.23. The first-order valence-electron chi connectivity index (χ1n) is 6.59. The summed E-state index contributed by atoms with van der Waals surface area (Å²) in [5, 5.41) is 10.2. The number of methoxy groups -OCH3 is 1. The topological polar surface area (TPSA) is 72.6 Å². The molecule has 0 unspecified atom stereocenters. The van der Waals surface area contributed by atoms with E-state index < -0.39 is 17.6 Å². The minimum atomic E-state index is -2.60. The van der Waals surface area contributed by atoms with Crippen molar-refractivity contribution in [1.82, 2.24) is 4.98 Å². The van der Waals surface area contributed by atoms with Gasteiger partial charge in [-0.2, -0.15) is 0 Å². The van der Waals surface area contributed by atoms with Gasteiger partial charge in [0.05, 0.1) is 19.5 Å². The van der Waals surface area contributed by atoms with Crippen molar-refractivity contribution in [3.63, 3.8) is 0 Å². The molecule has 0 bridgehead atoms. The molecule has 7 heteroatoms. The van der Waals surface area contributed by atoms with Crippen LogP contribution >= 0.6 is 0 Å². The SMILES string of the molecule is COc1cncc2oc(-c3ccc(C(F)F)cc3)c(O)c(=O)c12. The van der Waals surface area contributed by atoms with Gasteiger partial charge in [0.25, 0.3) is 6.43 Å². The maximum atomic E-state index is 12.6. The van der Waals surface area contributed by atoms with E-state index in [1.165, 1.54) is 43.8 Å². The molecule has 1 aromatic carbocycles. The number of nitrogens with zero attached hydrogens (tertiary/aromatic N) is 1. The van der Waals surface area contributed by atoms with Gasteiger partial charge in [-0.15, -0.1) is 0 Å². The zero-order valence-electron chi connectivity index (χ0n) is 11.9. The predicted molar refractivity (Wildman–Crippen MR) is 78.9 cm³/mol. The molecule has 0 amide bonds. The van der Waals surface area contributed by atoms with Crippen molar-refractivity contribution < 1.29 is 23.0 Å². The number of pyridine rings is 1. The maximum Gasteiger partial charge on any atom is 0.263 e. The first-order valence-corrected chi connectivity index (χ1v) is 6.59. The molecule has 0 radical (unpaired) electrons. The summed E-state index contributed by atoms with van der Waals surface area (Å²) in [7, 11) is 1.36. The van der Waals surface area contributed by atoms with Gasteiger partial charge in [0, 0.05) is 11.1 Å². The van der Waals surface area contributed by atoms with Gasteiger partial charge in [0.2, 0.25) is 11.2 Å². The Morgan fingerprint density at radius 3 is 2.52 bits per heavy atom. The highest BCUT2D eigenvalue weighted by molar-refractivity contribution is 5.86. The number of alkyl halides is 2. The smallest absolute Gasteiger partial charge is 0.263 e. The second-order valence-corrected chi connectivity index (χ2v) is 4.75. The van der Waals surface area contributed by atoms with E-state index in [1.54, 1.807) is 0 Å². The zero-order valence-corrected chi connectivity index (χ0v) is 11.9. The van der Waals surface area contributed by atoms with Gasteiger partial charge in [-0.1, -0.05) is 24.3 Å². The van der Waals surface area contributed by atoms with Gasteiger partial charge < -0.3 is 14.3 Å².